The topological polar surface area (TPSA) is 112 Å². The summed E-state index contributed by atoms with van der Waals surface area (Å²) in [5.41, 5.74) is 1.37. The van der Waals surface area contributed by atoms with E-state index < -0.39 is 0 Å². The van der Waals surface area contributed by atoms with Gasteiger partial charge in [-0.25, -0.2) is 19.9 Å². The van der Waals surface area contributed by atoms with Crippen molar-refractivity contribution in [2.75, 3.05) is 0 Å². The third kappa shape index (κ3) is 3.37. The van der Waals surface area contributed by atoms with Gasteiger partial charge in [0.05, 0.1) is 6.54 Å². The number of nitrogens with zero attached hydrogens (tertiary/aromatic N) is 4. The molecule has 0 amide bonds. The molecule has 3 aromatic rings. The number of nitrogens with one attached hydrogen (secondary N) is 3. The lowest BCUT2D eigenvalue weighted by molar-refractivity contribution is 0.661. The average molecular weight is 283 g/mol. The minimum atomic E-state index is -0.310. The predicted octanol–water partition coefficient (Wildman–Crippen LogP) is 0.240. The Balaban J connectivity index is 1.58. The van der Waals surface area contributed by atoms with E-state index >= 15 is 0 Å². The Morgan fingerprint density at radius 1 is 1.10 bits per heavy atom. The van der Waals surface area contributed by atoms with Crippen LogP contribution in [0.1, 0.15) is 11.4 Å². The summed E-state index contributed by atoms with van der Waals surface area (Å²) < 4.78 is 0. The van der Waals surface area contributed by atoms with Crippen LogP contribution in [0.5, 0.6) is 0 Å². The SMILES string of the molecule is O=c1[nH]nc(CNCc2cnc(-c3ccccn3)nc2)[nH]1. The predicted molar refractivity (Wildman–Crippen MR) is 75.0 cm³/mol. The Labute approximate surface area is 119 Å². The second-order valence-corrected chi connectivity index (χ2v) is 4.36. The molecular formula is C13H13N7O. The van der Waals surface area contributed by atoms with Crippen molar-refractivity contribution >= 4 is 0 Å². The number of hydrogen-bond donors (Lipinski definition) is 3. The molecule has 0 unspecified atom stereocenters. The Morgan fingerprint density at radius 3 is 2.62 bits per heavy atom. The largest absolute Gasteiger partial charge is 0.340 e. The van der Waals surface area contributed by atoms with E-state index in [1.807, 2.05) is 18.2 Å². The first-order valence-electron chi connectivity index (χ1n) is 6.38. The summed E-state index contributed by atoms with van der Waals surface area (Å²) in [4.78, 5) is 26.2. The minimum Gasteiger partial charge on any atom is -0.306 e. The summed E-state index contributed by atoms with van der Waals surface area (Å²) in [5, 5.41) is 9.26. The van der Waals surface area contributed by atoms with Gasteiger partial charge < -0.3 is 5.32 Å². The van der Waals surface area contributed by atoms with E-state index in [1.54, 1.807) is 18.6 Å². The van der Waals surface area contributed by atoms with E-state index in [4.69, 9.17) is 0 Å². The fraction of sp³-hybridized carbons (Fsp3) is 0.154. The summed E-state index contributed by atoms with van der Waals surface area (Å²) in [6, 6.07) is 5.61. The van der Waals surface area contributed by atoms with Gasteiger partial charge in [0.1, 0.15) is 11.5 Å². The maximum Gasteiger partial charge on any atom is 0.340 e. The molecule has 3 heterocycles. The van der Waals surface area contributed by atoms with Crippen molar-refractivity contribution in [1.29, 1.82) is 0 Å². The van der Waals surface area contributed by atoms with E-state index in [9.17, 15) is 4.79 Å². The number of aromatic amines is 2. The van der Waals surface area contributed by atoms with Crippen molar-refractivity contribution in [1.82, 2.24) is 35.5 Å². The standard InChI is InChI=1S/C13H13N7O/c21-13-18-11(19-20-13)8-14-5-9-6-16-12(17-7-9)10-3-1-2-4-15-10/h1-4,6-7,14H,5,8H2,(H2,18,19,20,21). The lowest BCUT2D eigenvalue weighted by Gasteiger charge is -2.03. The van der Waals surface area contributed by atoms with E-state index in [2.05, 4.69) is 35.5 Å². The quantitative estimate of drug-likeness (QED) is 0.618. The first kappa shape index (κ1) is 13.1. The van der Waals surface area contributed by atoms with E-state index in [0.717, 1.165) is 11.3 Å². The van der Waals surface area contributed by atoms with Crippen LogP contribution >= 0.6 is 0 Å². The van der Waals surface area contributed by atoms with Crippen LogP contribution in [-0.2, 0) is 13.1 Å². The summed E-state index contributed by atoms with van der Waals surface area (Å²) in [7, 11) is 0. The van der Waals surface area contributed by atoms with Crippen LogP contribution in [0, 0.1) is 0 Å². The third-order valence-corrected chi connectivity index (χ3v) is 2.77. The van der Waals surface area contributed by atoms with Gasteiger partial charge in [-0.3, -0.25) is 9.97 Å². The van der Waals surface area contributed by atoms with Crippen molar-refractivity contribution in [2.24, 2.45) is 0 Å². The van der Waals surface area contributed by atoms with Crippen LogP contribution in [0.4, 0.5) is 0 Å². The molecule has 0 radical (unpaired) electrons. The fourth-order valence-electron chi connectivity index (χ4n) is 1.79. The van der Waals surface area contributed by atoms with Gasteiger partial charge >= 0.3 is 5.69 Å². The Hall–Kier alpha value is -2.87. The highest BCUT2D eigenvalue weighted by Crippen LogP contribution is 2.09. The number of H-pyrrole nitrogens is 2. The monoisotopic (exact) mass is 283 g/mol. The van der Waals surface area contributed by atoms with Crippen molar-refractivity contribution in [3.8, 4) is 11.5 Å². The Bertz CT molecular complexity index is 748. The van der Waals surface area contributed by atoms with Crippen LogP contribution in [0.3, 0.4) is 0 Å². The number of hydrogen-bond acceptors (Lipinski definition) is 6. The number of aromatic nitrogens is 6. The lowest BCUT2D eigenvalue weighted by atomic mass is 10.3. The summed E-state index contributed by atoms with van der Waals surface area (Å²) in [5.74, 6) is 1.15. The highest BCUT2D eigenvalue weighted by Gasteiger charge is 2.02. The first-order chi connectivity index (χ1) is 10.3. The van der Waals surface area contributed by atoms with E-state index in [-0.39, 0.29) is 5.69 Å². The molecule has 0 bridgehead atoms. The molecule has 0 fully saturated rings. The van der Waals surface area contributed by atoms with Gasteiger partial charge in [-0.05, 0) is 12.1 Å². The highest BCUT2D eigenvalue weighted by atomic mass is 16.1. The molecule has 0 saturated heterocycles. The molecule has 3 rings (SSSR count). The van der Waals surface area contributed by atoms with Crippen LogP contribution in [0.15, 0.2) is 41.6 Å². The van der Waals surface area contributed by atoms with Crippen LogP contribution in [-0.4, -0.2) is 30.1 Å². The number of pyridine rings is 1. The van der Waals surface area contributed by atoms with Gasteiger partial charge in [-0.1, -0.05) is 6.07 Å². The van der Waals surface area contributed by atoms with Crippen LogP contribution < -0.4 is 11.0 Å². The maximum absolute atomic E-state index is 10.9. The van der Waals surface area contributed by atoms with Crippen LogP contribution in [0.2, 0.25) is 0 Å². The molecule has 3 aromatic heterocycles. The normalized spacial score (nSPS) is 10.7. The third-order valence-electron chi connectivity index (χ3n) is 2.77. The molecule has 0 aliphatic carbocycles. The molecule has 106 valence electrons. The van der Waals surface area contributed by atoms with Crippen molar-refractivity contribution in [3.63, 3.8) is 0 Å². The van der Waals surface area contributed by atoms with Gasteiger partial charge in [-0.2, -0.15) is 5.10 Å². The summed E-state index contributed by atoms with van der Waals surface area (Å²) in [6.07, 6.45) is 5.20. The van der Waals surface area contributed by atoms with Gasteiger partial charge in [0.25, 0.3) is 0 Å². The molecule has 0 aliphatic heterocycles. The van der Waals surface area contributed by atoms with Gasteiger partial charge in [-0.15, -0.1) is 0 Å². The molecule has 8 heteroatoms. The summed E-state index contributed by atoms with van der Waals surface area (Å²) in [6.45, 7) is 1.04. The molecular weight excluding hydrogens is 270 g/mol. The maximum atomic E-state index is 10.9. The molecule has 0 aromatic carbocycles. The second-order valence-electron chi connectivity index (χ2n) is 4.36. The molecule has 0 atom stereocenters. The molecule has 21 heavy (non-hydrogen) atoms. The van der Waals surface area contributed by atoms with Crippen molar-refractivity contribution in [2.45, 2.75) is 13.1 Å². The molecule has 8 nitrogen and oxygen atoms in total. The highest BCUT2D eigenvalue weighted by molar-refractivity contribution is 5.47. The average Bonchev–Trinajstić information content (AvgIpc) is 2.94. The van der Waals surface area contributed by atoms with E-state index in [0.29, 0.717) is 24.7 Å². The minimum absolute atomic E-state index is 0.310. The first-order valence-corrected chi connectivity index (χ1v) is 6.38. The zero-order valence-corrected chi connectivity index (χ0v) is 11.1. The Kier molecular flexibility index (Phi) is 3.79. The number of rotatable bonds is 5. The smallest absolute Gasteiger partial charge is 0.306 e. The lowest BCUT2D eigenvalue weighted by Crippen LogP contribution is -2.14. The summed E-state index contributed by atoms with van der Waals surface area (Å²) >= 11 is 0. The van der Waals surface area contributed by atoms with E-state index in [1.165, 1.54) is 0 Å². The Morgan fingerprint density at radius 2 is 1.95 bits per heavy atom. The van der Waals surface area contributed by atoms with Crippen molar-refractivity contribution < 1.29 is 0 Å². The second kappa shape index (κ2) is 6.06. The van der Waals surface area contributed by atoms with Crippen LogP contribution in [0.25, 0.3) is 11.5 Å². The fourth-order valence-corrected chi connectivity index (χ4v) is 1.79. The van der Waals surface area contributed by atoms with Gasteiger partial charge in [0.15, 0.2) is 5.82 Å². The molecule has 0 aliphatic rings. The molecule has 0 saturated carbocycles. The molecule has 0 spiro atoms. The van der Waals surface area contributed by atoms with Crippen molar-refractivity contribution in [3.05, 3.63) is 58.7 Å². The molecule has 3 N–H and O–H groups in total. The zero-order chi connectivity index (χ0) is 14.5. The van der Waals surface area contributed by atoms with Gasteiger partial charge in [0, 0.05) is 30.7 Å². The zero-order valence-electron chi connectivity index (χ0n) is 11.1. The van der Waals surface area contributed by atoms with Gasteiger partial charge in [0.2, 0.25) is 0 Å².